The number of hydrogen-bond acceptors (Lipinski definition) is 7. The second kappa shape index (κ2) is 62.3. The molecule has 0 bridgehead atoms. The summed E-state index contributed by atoms with van der Waals surface area (Å²) in [5.74, 6) is -2.03. The van der Waals surface area contributed by atoms with Crippen LogP contribution in [0.15, 0.2) is 97.2 Å². The maximum atomic E-state index is 12.9. The number of unbranched alkanes of at least 4 members (excludes halogenated alkanes) is 30. The van der Waals surface area contributed by atoms with Gasteiger partial charge >= 0.3 is 17.9 Å². The number of quaternary nitrogens is 1. The lowest BCUT2D eigenvalue weighted by Crippen LogP contribution is -2.40. The van der Waals surface area contributed by atoms with Crippen LogP contribution in [0.5, 0.6) is 0 Å². The van der Waals surface area contributed by atoms with Gasteiger partial charge in [0.1, 0.15) is 13.2 Å². The number of rotatable bonds is 61. The van der Waals surface area contributed by atoms with Crippen molar-refractivity contribution in [2.75, 3.05) is 47.5 Å². The minimum Gasteiger partial charge on any atom is -0.477 e. The third kappa shape index (κ3) is 63.6. The minimum atomic E-state index is -1.52. The van der Waals surface area contributed by atoms with Gasteiger partial charge in [-0.3, -0.25) is 9.59 Å². The second-order valence-electron chi connectivity index (χ2n) is 23.4. The summed E-state index contributed by atoms with van der Waals surface area (Å²) in [6, 6.07) is 0. The summed E-state index contributed by atoms with van der Waals surface area (Å²) >= 11 is 0. The Balaban J connectivity index is 4.00. The monoisotopic (exact) mass is 1130 g/mol. The van der Waals surface area contributed by atoms with Crippen LogP contribution in [0.3, 0.4) is 0 Å². The van der Waals surface area contributed by atoms with Gasteiger partial charge in [0, 0.05) is 12.8 Å². The van der Waals surface area contributed by atoms with E-state index in [0.29, 0.717) is 17.4 Å². The zero-order chi connectivity index (χ0) is 59.1. The van der Waals surface area contributed by atoms with Crippen LogP contribution in [0.1, 0.15) is 284 Å². The van der Waals surface area contributed by atoms with Crippen molar-refractivity contribution in [3.8, 4) is 0 Å². The Kier molecular flexibility index (Phi) is 59.3. The quantitative estimate of drug-likeness (QED) is 0.0211. The molecule has 0 spiro atoms. The molecule has 9 heteroatoms. The van der Waals surface area contributed by atoms with Gasteiger partial charge in [-0.15, -0.1) is 0 Å². The molecule has 0 fully saturated rings. The van der Waals surface area contributed by atoms with E-state index in [1.807, 2.05) is 21.1 Å². The number of nitrogens with zero attached hydrogens (tertiary/aromatic N) is 1. The van der Waals surface area contributed by atoms with Crippen LogP contribution in [0, 0.1) is 0 Å². The van der Waals surface area contributed by atoms with Gasteiger partial charge in [-0.25, -0.2) is 4.79 Å². The lowest BCUT2D eigenvalue weighted by molar-refractivity contribution is -0.870. The Labute approximate surface area is 499 Å². The zero-order valence-electron chi connectivity index (χ0n) is 53.2. The molecule has 2 atom stereocenters. The molecular formula is C72H126NO8+. The molecule has 0 aromatic heterocycles. The molecule has 0 aliphatic rings. The van der Waals surface area contributed by atoms with Crippen molar-refractivity contribution in [1.29, 1.82) is 0 Å². The Morgan fingerprint density at radius 1 is 0.370 bits per heavy atom. The molecule has 0 rings (SSSR count). The van der Waals surface area contributed by atoms with Crippen LogP contribution in [0.4, 0.5) is 0 Å². The third-order valence-corrected chi connectivity index (χ3v) is 14.3. The van der Waals surface area contributed by atoms with Crippen molar-refractivity contribution in [3.05, 3.63) is 97.2 Å². The van der Waals surface area contributed by atoms with E-state index < -0.39 is 24.3 Å². The zero-order valence-corrected chi connectivity index (χ0v) is 53.2. The molecule has 0 radical (unpaired) electrons. The molecule has 0 saturated carbocycles. The van der Waals surface area contributed by atoms with Crippen LogP contribution >= 0.6 is 0 Å². The van der Waals surface area contributed by atoms with E-state index in [9.17, 15) is 19.5 Å². The number of hydrogen-bond donors (Lipinski definition) is 1. The lowest BCUT2D eigenvalue weighted by Gasteiger charge is -2.25. The number of esters is 2. The predicted molar refractivity (Wildman–Crippen MR) is 345 cm³/mol. The van der Waals surface area contributed by atoms with Crippen molar-refractivity contribution in [3.63, 3.8) is 0 Å². The van der Waals surface area contributed by atoms with Crippen molar-refractivity contribution >= 4 is 17.9 Å². The summed E-state index contributed by atoms with van der Waals surface area (Å²) in [6.45, 7) is 4.64. The topological polar surface area (TPSA) is 108 Å². The first-order valence-corrected chi connectivity index (χ1v) is 33.4. The molecule has 81 heavy (non-hydrogen) atoms. The number of allylic oxidation sites excluding steroid dienone is 16. The number of ether oxygens (including phenoxy) is 4. The average molecular weight is 1130 g/mol. The minimum absolute atomic E-state index is 0.181. The smallest absolute Gasteiger partial charge is 0.361 e. The fourth-order valence-electron chi connectivity index (χ4n) is 9.29. The van der Waals surface area contributed by atoms with E-state index in [1.165, 1.54) is 154 Å². The first-order valence-electron chi connectivity index (χ1n) is 33.4. The van der Waals surface area contributed by atoms with E-state index >= 15 is 0 Å². The van der Waals surface area contributed by atoms with Gasteiger partial charge in [0.15, 0.2) is 6.10 Å². The Morgan fingerprint density at radius 3 is 0.988 bits per heavy atom. The summed E-state index contributed by atoms with van der Waals surface area (Å²) in [5, 5.41) is 9.72. The van der Waals surface area contributed by atoms with E-state index in [0.717, 1.165) is 96.3 Å². The summed E-state index contributed by atoms with van der Waals surface area (Å²) in [4.78, 5) is 37.5. The molecule has 466 valence electrons. The van der Waals surface area contributed by atoms with Crippen LogP contribution in [-0.4, -0.2) is 87.4 Å². The molecule has 0 aromatic carbocycles. The van der Waals surface area contributed by atoms with Crippen molar-refractivity contribution in [2.45, 2.75) is 296 Å². The van der Waals surface area contributed by atoms with E-state index in [1.54, 1.807) is 0 Å². The molecule has 0 saturated heterocycles. The molecule has 2 unspecified atom stereocenters. The number of carbonyl (C=O) groups is 3. The molecule has 0 aliphatic carbocycles. The number of aliphatic carboxylic acids is 1. The highest BCUT2D eigenvalue weighted by molar-refractivity contribution is 5.71. The molecule has 1 N–H and O–H groups in total. The van der Waals surface area contributed by atoms with Crippen molar-refractivity contribution < 1.29 is 42.9 Å². The molecule has 0 aliphatic heterocycles. The lowest BCUT2D eigenvalue weighted by atomic mass is 10.0. The maximum absolute atomic E-state index is 12.9. The standard InChI is InChI=1S/C72H125NO8/c1-6-8-10-12-14-16-18-20-22-24-25-26-27-28-29-30-31-32-33-34-35-36-37-38-39-40-41-42-43-44-45-47-49-51-53-55-57-59-61-63-70(75)81-68(67-80-72(71(76)77)78-65-64-73(3,4)5)66-79-69(74)62-60-58-56-54-52-50-48-46-23-21-19-17-15-13-11-9-7-2/h8-11,14-17,20-23,25-26,48,50,68,72H,6-7,12-13,18-19,24,27-47,49,51-67H2,1-5H3/p+1/b10-8-,11-9-,16-14-,17-15-,22-20-,23-21-,26-25-,50-48-. The molecular weight excluding hydrogens is 1010 g/mol. The summed E-state index contributed by atoms with van der Waals surface area (Å²) < 4.78 is 22.9. The first-order chi connectivity index (χ1) is 39.6. The Morgan fingerprint density at radius 2 is 0.667 bits per heavy atom. The highest BCUT2D eigenvalue weighted by Gasteiger charge is 2.25. The van der Waals surface area contributed by atoms with Gasteiger partial charge in [-0.05, 0) is 89.9 Å². The number of likely N-dealkylation sites (N-methyl/N-ethyl adjacent to an activating group) is 1. The maximum Gasteiger partial charge on any atom is 0.361 e. The van der Waals surface area contributed by atoms with Gasteiger partial charge in [-0.2, -0.15) is 0 Å². The van der Waals surface area contributed by atoms with Crippen LogP contribution in [0.25, 0.3) is 0 Å². The summed E-state index contributed by atoms with van der Waals surface area (Å²) in [7, 11) is 5.96. The Bertz CT molecular complexity index is 1650. The van der Waals surface area contributed by atoms with Crippen LogP contribution < -0.4 is 0 Å². The number of carboxylic acid groups (broad SMARTS) is 1. The fourth-order valence-corrected chi connectivity index (χ4v) is 9.29. The van der Waals surface area contributed by atoms with Crippen LogP contribution in [-0.2, 0) is 33.3 Å². The molecule has 0 aromatic rings. The normalized spacial score (nSPS) is 13.3. The Hall–Kier alpha value is -3.79. The molecule has 9 nitrogen and oxygen atoms in total. The van der Waals surface area contributed by atoms with Gasteiger partial charge < -0.3 is 28.5 Å². The van der Waals surface area contributed by atoms with E-state index in [2.05, 4.69) is 111 Å². The highest BCUT2D eigenvalue weighted by atomic mass is 16.7. The van der Waals surface area contributed by atoms with E-state index in [-0.39, 0.29) is 38.6 Å². The fraction of sp³-hybridized carbons (Fsp3) is 0.736. The van der Waals surface area contributed by atoms with Crippen molar-refractivity contribution in [1.82, 2.24) is 0 Å². The predicted octanol–water partition coefficient (Wildman–Crippen LogP) is 20.5. The SMILES string of the molecule is CC/C=C\C/C=C\C/C=C\C/C=C\CCCCCCCCCCCCCCCCCCCCCCCCCCCCC(=O)OC(COC(=O)CCCCCC/C=C\C/C=C\C/C=C\C/C=C\CC)COC(OCC[N+](C)(C)C)C(=O)O. The largest absolute Gasteiger partial charge is 0.477 e. The number of carbonyl (C=O) groups excluding carboxylic acids is 2. The third-order valence-electron chi connectivity index (χ3n) is 14.3. The second-order valence-corrected chi connectivity index (χ2v) is 23.4. The number of carboxylic acids is 1. The molecule has 0 heterocycles. The van der Waals surface area contributed by atoms with Gasteiger partial charge in [-0.1, -0.05) is 278 Å². The molecule has 0 amide bonds. The van der Waals surface area contributed by atoms with Gasteiger partial charge in [0.2, 0.25) is 0 Å². The average Bonchev–Trinajstić information content (AvgIpc) is 3.44. The van der Waals surface area contributed by atoms with Gasteiger partial charge in [0.05, 0.1) is 34.4 Å². The van der Waals surface area contributed by atoms with Crippen LogP contribution in [0.2, 0.25) is 0 Å². The summed E-state index contributed by atoms with van der Waals surface area (Å²) in [6.07, 6.45) is 82.5. The summed E-state index contributed by atoms with van der Waals surface area (Å²) in [5.41, 5.74) is 0. The van der Waals surface area contributed by atoms with E-state index in [4.69, 9.17) is 18.9 Å². The van der Waals surface area contributed by atoms with Crippen molar-refractivity contribution in [2.24, 2.45) is 0 Å². The van der Waals surface area contributed by atoms with Gasteiger partial charge in [0.25, 0.3) is 6.29 Å². The highest BCUT2D eigenvalue weighted by Crippen LogP contribution is 2.18. The first kappa shape index (κ1) is 77.2.